The standard InChI is InChI=1S/C8H9NSe/c1-5-4-10-8-7(5)3-6(2)9-8/h3-4,9H,1-2H3. The van der Waals surface area contributed by atoms with Gasteiger partial charge in [0.25, 0.3) is 0 Å². The van der Waals surface area contributed by atoms with Crippen molar-refractivity contribution in [2.45, 2.75) is 13.8 Å². The summed E-state index contributed by atoms with van der Waals surface area (Å²) < 4.78 is 1.45. The molecule has 10 heavy (non-hydrogen) atoms. The van der Waals surface area contributed by atoms with Gasteiger partial charge >= 0.3 is 65.4 Å². The van der Waals surface area contributed by atoms with Crippen LogP contribution in [0.25, 0.3) is 9.78 Å². The van der Waals surface area contributed by atoms with Crippen molar-refractivity contribution in [1.29, 1.82) is 0 Å². The van der Waals surface area contributed by atoms with Gasteiger partial charge in [-0.05, 0) is 0 Å². The van der Waals surface area contributed by atoms with Crippen molar-refractivity contribution in [3.63, 3.8) is 0 Å². The van der Waals surface area contributed by atoms with Crippen LogP contribution in [0.3, 0.4) is 0 Å². The van der Waals surface area contributed by atoms with Gasteiger partial charge in [-0.2, -0.15) is 0 Å². The Morgan fingerprint density at radius 2 is 2.20 bits per heavy atom. The SMILES string of the molecule is Cc1cc2c(C)c[se]c2[nH]1. The molecule has 0 atom stereocenters. The van der Waals surface area contributed by atoms with E-state index in [-0.39, 0.29) is 0 Å². The number of nitrogens with one attached hydrogen (secondary N) is 1. The van der Waals surface area contributed by atoms with Gasteiger partial charge in [0.1, 0.15) is 0 Å². The molecular formula is C8H9NSe. The van der Waals surface area contributed by atoms with Gasteiger partial charge in [0, 0.05) is 0 Å². The van der Waals surface area contributed by atoms with Gasteiger partial charge in [0.2, 0.25) is 0 Å². The van der Waals surface area contributed by atoms with Crippen LogP contribution in [0.1, 0.15) is 11.3 Å². The molecule has 0 spiro atoms. The number of hydrogen-bond donors (Lipinski definition) is 1. The zero-order valence-corrected chi connectivity index (χ0v) is 7.78. The summed E-state index contributed by atoms with van der Waals surface area (Å²) >= 11 is 0.577. The van der Waals surface area contributed by atoms with Crippen molar-refractivity contribution in [1.82, 2.24) is 4.98 Å². The molecule has 0 aromatic carbocycles. The van der Waals surface area contributed by atoms with Crippen LogP contribution in [0.4, 0.5) is 0 Å². The molecule has 1 N–H and O–H groups in total. The first-order chi connectivity index (χ1) is 4.77. The van der Waals surface area contributed by atoms with Gasteiger partial charge in [-0.15, -0.1) is 0 Å². The summed E-state index contributed by atoms with van der Waals surface area (Å²) in [6, 6.07) is 2.23. The van der Waals surface area contributed by atoms with Crippen LogP contribution in [-0.2, 0) is 0 Å². The first-order valence-electron chi connectivity index (χ1n) is 3.31. The number of aromatic nitrogens is 1. The second-order valence-corrected chi connectivity index (χ2v) is 4.46. The van der Waals surface area contributed by atoms with Gasteiger partial charge in [-0.1, -0.05) is 0 Å². The van der Waals surface area contributed by atoms with Crippen LogP contribution in [0, 0.1) is 13.8 Å². The summed E-state index contributed by atoms with van der Waals surface area (Å²) in [7, 11) is 0. The van der Waals surface area contributed by atoms with Crippen LogP contribution < -0.4 is 0 Å². The van der Waals surface area contributed by atoms with E-state index in [4.69, 9.17) is 0 Å². The predicted molar refractivity (Wildman–Crippen MR) is 44.7 cm³/mol. The summed E-state index contributed by atoms with van der Waals surface area (Å²) in [5.41, 5.74) is 2.73. The zero-order chi connectivity index (χ0) is 7.14. The van der Waals surface area contributed by atoms with E-state index in [2.05, 4.69) is 29.8 Å². The molecule has 0 bridgehead atoms. The number of aryl methyl sites for hydroxylation is 2. The Hall–Kier alpha value is -0.461. The van der Waals surface area contributed by atoms with Crippen molar-refractivity contribution in [2.75, 3.05) is 0 Å². The molecule has 2 heterocycles. The predicted octanol–water partition coefficient (Wildman–Crippen LogP) is 1.84. The second-order valence-electron chi connectivity index (χ2n) is 2.61. The van der Waals surface area contributed by atoms with Crippen LogP contribution in [0.15, 0.2) is 11.0 Å². The molecule has 2 aromatic rings. The third-order valence-corrected chi connectivity index (χ3v) is 3.85. The van der Waals surface area contributed by atoms with E-state index < -0.39 is 0 Å². The Balaban J connectivity index is 2.90. The molecule has 1 nitrogen and oxygen atoms in total. The van der Waals surface area contributed by atoms with Crippen molar-refractivity contribution in [3.05, 3.63) is 22.3 Å². The van der Waals surface area contributed by atoms with E-state index in [1.54, 1.807) is 0 Å². The fourth-order valence-electron chi connectivity index (χ4n) is 1.16. The molecule has 0 aliphatic carbocycles. The first kappa shape index (κ1) is 6.26. The van der Waals surface area contributed by atoms with E-state index in [0.29, 0.717) is 14.5 Å². The number of aromatic amines is 1. The topological polar surface area (TPSA) is 15.8 Å². The van der Waals surface area contributed by atoms with Gasteiger partial charge in [0.15, 0.2) is 0 Å². The normalized spacial score (nSPS) is 11.0. The van der Waals surface area contributed by atoms with Crippen LogP contribution in [0.5, 0.6) is 0 Å². The molecule has 0 amide bonds. The number of hydrogen-bond acceptors (Lipinski definition) is 0. The van der Waals surface area contributed by atoms with E-state index in [9.17, 15) is 0 Å². The summed E-state index contributed by atoms with van der Waals surface area (Å²) in [5.74, 6) is 0. The van der Waals surface area contributed by atoms with Crippen molar-refractivity contribution in [3.8, 4) is 0 Å². The molecule has 0 aliphatic heterocycles. The van der Waals surface area contributed by atoms with Crippen molar-refractivity contribution < 1.29 is 0 Å². The van der Waals surface area contributed by atoms with Crippen LogP contribution in [0.2, 0.25) is 0 Å². The molecule has 2 heteroatoms. The fraction of sp³-hybridized carbons (Fsp3) is 0.250. The van der Waals surface area contributed by atoms with E-state index in [0.717, 1.165) is 0 Å². The average Bonchev–Trinajstić information content (AvgIpc) is 2.35. The maximum absolute atomic E-state index is 3.36. The third-order valence-electron chi connectivity index (χ3n) is 1.69. The maximum atomic E-state index is 3.36. The van der Waals surface area contributed by atoms with Gasteiger partial charge in [-0.25, -0.2) is 0 Å². The Morgan fingerprint density at radius 1 is 1.40 bits per heavy atom. The molecule has 2 rings (SSSR count). The average molecular weight is 198 g/mol. The van der Waals surface area contributed by atoms with E-state index >= 15 is 0 Å². The monoisotopic (exact) mass is 199 g/mol. The minimum absolute atomic E-state index is 0.577. The van der Waals surface area contributed by atoms with Crippen molar-refractivity contribution >= 4 is 24.3 Å². The van der Waals surface area contributed by atoms with Crippen LogP contribution in [-0.4, -0.2) is 19.5 Å². The number of H-pyrrole nitrogens is 1. The molecule has 0 aliphatic rings. The Kier molecular flexibility index (Phi) is 1.26. The number of fused-ring (bicyclic) bond motifs is 1. The Bertz CT molecular complexity index is 356. The van der Waals surface area contributed by atoms with E-state index in [1.807, 2.05) is 0 Å². The molecule has 0 saturated carbocycles. The molecule has 0 fully saturated rings. The van der Waals surface area contributed by atoms with Gasteiger partial charge in [0.05, 0.1) is 0 Å². The summed E-state index contributed by atoms with van der Waals surface area (Å²) in [6.07, 6.45) is 0. The second kappa shape index (κ2) is 2.01. The molecule has 0 radical (unpaired) electrons. The fourth-order valence-corrected chi connectivity index (χ4v) is 3.23. The summed E-state index contributed by atoms with van der Waals surface area (Å²) in [4.78, 5) is 5.69. The molecular weight excluding hydrogens is 189 g/mol. The van der Waals surface area contributed by atoms with Gasteiger partial charge in [-0.3, -0.25) is 0 Å². The molecule has 52 valence electrons. The Labute approximate surface area is 65.8 Å². The zero-order valence-electron chi connectivity index (χ0n) is 6.06. The minimum atomic E-state index is 0.577. The summed E-state index contributed by atoms with van der Waals surface area (Å²) in [5, 5.41) is 1.44. The molecule has 0 saturated heterocycles. The van der Waals surface area contributed by atoms with E-state index in [1.165, 1.54) is 21.0 Å². The first-order valence-corrected chi connectivity index (χ1v) is 5.15. The summed E-state index contributed by atoms with van der Waals surface area (Å²) in [6.45, 7) is 4.29. The van der Waals surface area contributed by atoms with Crippen LogP contribution >= 0.6 is 0 Å². The quantitative estimate of drug-likeness (QED) is 0.621. The number of rotatable bonds is 0. The van der Waals surface area contributed by atoms with Gasteiger partial charge < -0.3 is 0 Å². The third kappa shape index (κ3) is 0.764. The van der Waals surface area contributed by atoms with Crippen molar-refractivity contribution in [2.24, 2.45) is 0 Å². The Morgan fingerprint density at radius 3 is 2.90 bits per heavy atom. The molecule has 0 unspecified atom stereocenters. The molecule has 2 aromatic heterocycles.